The lowest BCUT2D eigenvalue weighted by Gasteiger charge is -2.07. The molecule has 0 radical (unpaired) electrons. The van der Waals surface area contributed by atoms with Crippen molar-refractivity contribution in [3.05, 3.63) is 47.9 Å². The quantitative estimate of drug-likeness (QED) is 0.856. The van der Waals surface area contributed by atoms with Crippen LogP contribution in [0, 0.1) is 0 Å². The molecule has 1 aromatic heterocycles. The van der Waals surface area contributed by atoms with Crippen LogP contribution in [0.1, 0.15) is 23.0 Å². The third-order valence-corrected chi connectivity index (χ3v) is 2.56. The van der Waals surface area contributed by atoms with Crippen LogP contribution in [0.4, 0.5) is 5.82 Å². The minimum Gasteiger partial charge on any atom is -0.364 e. The van der Waals surface area contributed by atoms with Crippen molar-refractivity contribution >= 4 is 17.6 Å². The first-order valence-electron chi connectivity index (χ1n) is 5.74. The van der Waals surface area contributed by atoms with Crippen molar-refractivity contribution in [1.29, 1.82) is 0 Å². The predicted octanol–water partition coefficient (Wildman–Crippen LogP) is 0.989. The van der Waals surface area contributed by atoms with Gasteiger partial charge in [0.1, 0.15) is 0 Å². The first kappa shape index (κ1) is 12.8. The third kappa shape index (κ3) is 2.98. The van der Waals surface area contributed by atoms with Gasteiger partial charge in [-0.05, 0) is 5.56 Å². The van der Waals surface area contributed by atoms with Gasteiger partial charge in [-0.1, -0.05) is 30.3 Å². The molecule has 2 rings (SSSR count). The van der Waals surface area contributed by atoms with Crippen LogP contribution in [-0.2, 0) is 11.3 Å². The fourth-order valence-electron chi connectivity index (χ4n) is 1.80. The number of carbonyl (C=O) groups excluding carboxylic acids is 2. The lowest BCUT2D eigenvalue weighted by Crippen LogP contribution is -2.20. The van der Waals surface area contributed by atoms with E-state index in [1.165, 1.54) is 13.3 Å². The number of hydrogen-bond donors (Lipinski definition) is 2. The molecule has 1 aromatic carbocycles. The zero-order chi connectivity index (χ0) is 13.8. The maximum Gasteiger partial charge on any atom is 0.269 e. The number of benzene rings is 1. The Hall–Kier alpha value is -2.63. The van der Waals surface area contributed by atoms with E-state index in [0.717, 1.165) is 5.56 Å². The van der Waals surface area contributed by atoms with Crippen molar-refractivity contribution in [2.45, 2.75) is 13.5 Å². The topological polar surface area (TPSA) is 90.0 Å². The highest BCUT2D eigenvalue weighted by Gasteiger charge is 2.17. The zero-order valence-electron chi connectivity index (χ0n) is 10.5. The van der Waals surface area contributed by atoms with E-state index in [0.29, 0.717) is 6.54 Å². The van der Waals surface area contributed by atoms with Gasteiger partial charge in [0.2, 0.25) is 5.91 Å². The average Bonchev–Trinajstić information content (AvgIpc) is 2.72. The molecule has 6 heteroatoms. The molecule has 0 fully saturated rings. The van der Waals surface area contributed by atoms with Crippen LogP contribution in [-0.4, -0.2) is 21.4 Å². The number of nitrogens with one attached hydrogen (secondary N) is 1. The van der Waals surface area contributed by atoms with Gasteiger partial charge in [0.25, 0.3) is 5.91 Å². The van der Waals surface area contributed by atoms with Crippen LogP contribution in [0.25, 0.3) is 0 Å². The second-order valence-electron chi connectivity index (χ2n) is 4.10. The maximum absolute atomic E-state index is 11.5. The fraction of sp³-hybridized carbons (Fsp3) is 0.154. The summed E-state index contributed by atoms with van der Waals surface area (Å²) in [6.45, 7) is 1.81. The molecule has 6 nitrogen and oxygen atoms in total. The zero-order valence-corrected chi connectivity index (χ0v) is 10.5. The minimum atomic E-state index is -0.628. The number of aromatic nitrogens is 2. The molecule has 98 valence electrons. The summed E-state index contributed by atoms with van der Waals surface area (Å²) < 4.78 is 1.61. The third-order valence-electron chi connectivity index (χ3n) is 2.56. The smallest absolute Gasteiger partial charge is 0.269 e. The number of amides is 2. The number of hydrogen-bond acceptors (Lipinski definition) is 3. The van der Waals surface area contributed by atoms with E-state index in [4.69, 9.17) is 5.73 Å². The molecular weight excluding hydrogens is 244 g/mol. The number of rotatable bonds is 4. The van der Waals surface area contributed by atoms with Crippen LogP contribution in [0.15, 0.2) is 36.7 Å². The van der Waals surface area contributed by atoms with E-state index < -0.39 is 5.91 Å². The van der Waals surface area contributed by atoms with E-state index in [1.54, 1.807) is 4.57 Å². The summed E-state index contributed by atoms with van der Waals surface area (Å²) in [6, 6.07) is 9.59. The lowest BCUT2D eigenvalue weighted by atomic mass is 10.2. The average molecular weight is 258 g/mol. The number of nitrogens with zero attached hydrogens (tertiary/aromatic N) is 2. The highest BCUT2D eigenvalue weighted by Crippen LogP contribution is 2.15. The van der Waals surface area contributed by atoms with Gasteiger partial charge < -0.3 is 15.6 Å². The van der Waals surface area contributed by atoms with Gasteiger partial charge >= 0.3 is 0 Å². The number of nitrogens with two attached hydrogens (primary N) is 1. The van der Waals surface area contributed by atoms with Gasteiger partial charge in [-0.25, -0.2) is 4.98 Å². The standard InChI is InChI=1S/C13H14N4O2/c1-9(18)16-13-11(12(14)19)17(8-15-13)7-10-5-3-2-4-6-10/h2-6,8H,7H2,1H3,(H2,14,19)(H,16,18). The molecule has 0 saturated carbocycles. The predicted molar refractivity (Wildman–Crippen MR) is 70.6 cm³/mol. The minimum absolute atomic E-state index is 0.191. The van der Waals surface area contributed by atoms with Crippen molar-refractivity contribution < 1.29 is 9.59 Å². The Morgan fingerprint density at radius 2 is 2.00 bits per heavy atom. The van der Waals surface area contributed by atoms with Crippen molar-refractivity contribution in [2.24, 2.45) is 5.73 Å². The maximum atomic E-state index is 11.5. The molecule has 0 saturated heterocycles. The van der Waals surface area contributed by atoms with Gasteiger partial charge in [-0.3, -0.25) is 9.59 Å². The van der Waals surface area contributed by atoms with E-state index in [1.807, 2.05) is 30.3 Å². The Morgan fingerprint density at radius 3 is 2.58 bits per heavy atom. The first-order valence-corrected chi connectivity index (χ1v) is 5.74. The summed E-state index contributed by atoms with van der Waals surface area (Å²) in [5, 5.41) is 2.49. The number of imidazole rings is 1. The van der Waals surface area contributed by atoms with Gasteiger partial charge in [0.15, 0.2) is 11.5 Å². The Morgan fingerprint density at radius 1 is 1.32 bits per heavy atom. The van der Waals surface area contributed by atoms with Crippen LogP contribution in [0.5, 0.6) is 0 Å². The molecule has 0 spiro atoms. The molecule has 1 heterocycles. The molecule has 0 aliphatic carbocycles. The normalized spacial score (nSPS) is 10.2. The fourth-order valence-corrected chi connectivity index (χ4v) is 1.80. The van der Waals surface area contributed by atoms with Gasteiger partial charge in [0.05, 0.1) is 6.33 Å². The van der Waals surface area contributed by atoms with Crippen molar-refractivity contribution in [3.63, 3.8) is 0 Å². The Labute approximate surface area is 110 Å². The highest BCUT2D eigenvalue weighted by atomic mass is 16.2. The van der Waals surface area contributed by atoms with E-state index in [2.05, 4.69) is 10.3 Å². The van der Waals surface area contributed by atoms with Crippen LogP contribution >= 0.6 is 0 Å². The highest BCUT2D eigenvalue weighted by molar-refractivity contribution is 6.00. The molecule has 2 amide bonds. The number of carbonyl (C=O) groups is 2. The van der Waals surface area contributed by atoms with Crippen molar-refractivity contribution in [2.75, 3.05) is 5.32 Å². The van der Waals surface area contributed by atoms with E-state index in [-0.39, 0.29) is 17.4 Å². The molecule has 19 heavy (non-hydrogen) atoms. The Kier molecular flexibility index (Phi) is 3.61. The van der Waals surface area contributed by atoms with Crippen molar-refractivity contribution in [1.82, 2.24) is 9.55 Å². The van der Waals surface area contributed by atoms with Gasteiger partial charge in [-0.2, -0.15) is 0 Å². The molecule has 0 aliphatic heterocycles. The van der Waals surface area contributed by atoms with Gasteiger partial charge in [0, 0.05) is 13.5 Å². The summed E-state index contributed by atoms with van der Waals surface area (Å²) in [7, 11) is 0. The van der Waals surface area contributed by atoms with E-state index in [9.17, 15) is 9.59 Å². The molecular formula is C13H14N4O2. The molecule has 0 unspecified atom stereocenters. The Bertz CT molecular complexity index is 604. The summed E-state index contributed by atoms with van der Waals surface area (Å²) in [5.41, 5.74) is 6.54. The Balaban J connectivity index is 2.33. The first-order chi connectivity index (χ1) is 9.08. The molecule has 0 atom stereocenters. The molecule has 0 aliphatic rings. The van der Waals surface area contributed by atoms with Crippen LogP contribution in [0.3, 0.4) is 0 Å². The summed E-state index contributed by atoms with van der Waals surface area (Å²) in [4.78, 5) is 26.5. The van der Waals surface area contributed by atoms with Gasteiger partial charge in [-0.15, -0.1) is 0 Å². The summed E-state index contributed by atoms with van der Waals surface area (Å²) in [6.07, 6.45) is 1.48. The number of anilines is 1. The molecule has 2 aromatic rings. The SMILES string of the molecule is CC(=O)Nc1ncn(Cc2ccccc2)c1C(N)=O. The largest absolute Gasteiger partial charge is 0.364 e. The van der Waals surface area contributed by atoms with Crippen molar-refractivity contribution in [3.8, 4) is 0 Å². The van der Waals surface area contributed by atoms with Crippen LogP contribution < -0.4 is 11.1 Å². The summed E-state index contributed by atoms with van der Waals surface area (Å²) >= 11 is 0. The lowest BCUT2D eigenvalue weighted by molar-refractivity contribution is -0.114. The van der Waals surface area contributed by atoms with E-state index >= 15 is 0 Å². The second-order valence-corrected chi connectivity index (χ2v) is 4.10. The molecule has 3 N–H and O–H groups in total. The molecule has 0 bridgehead atoms. The second kappa shape index (κ2) is 5.34. The summed E-state index contributed by atoms with van der Waals surface area (Å²) in [5.74, 6) is -0.736. The number of primary amides is 1. The van der Waals surface area contributed by atoms with Crippen LogP contribution in [0.2, 0.25) is 0 Å². The monoisotopic (exact) mass is 258 g/mol.